The van der Waals surface area contributed by atoms with Gasteiger partial charge in [0.1, 0.15) is 0 Å². The fourth-order valence-corrected chi connectivity index (χ4v) is 3.19. The van der Waals surface area contributed by atoms with Crippen molar-refractivity contribution < 1.29 is 23.1 Å². The van der Waals surface area contributed by atoms with Gasteiger partial charge in [0.15, 0.2) is 5.78 Å². The van der Waals surface area contributed by atoms with Gasteiger partial charge in [-0.3, -0.25) is 4.79 Å². The summed E-state index contributed by atoms with van der Waals surface area (Å²) in [4.78, 5) is 12.5. The van der Waals surface area contributed by atoms with Gasteiger partial charge in [-0.2, -0.15) is 13.2 Å². The van der Waals surface area contributed by atoms with Crippen LogP contribution in [0.2, 0.25) is 0 Å². The summed E-state index contributed by atoms with van der Waals surface area (Å²) in [5.74, 6) is -0.0803. The molecule has 0 amide bonds. The van der Waals surface area contributed by atoms with E-state index >= 15 is 0 Å². The van der Waals surface area contributed by atoms with E-state index in [1.807, 2.05) is 0 Å². The van der Waals surface area contributed by atoms with Gasteiger partial charge in [-0.1, -0.05) is 30.3 Å². The fourth-order valence-electron chi connectivity index (χ4n) is 2.66. The van der Waals surface area contributed by atoms with Crippen LogP contribution >= 0.6 is 11.8 Å². The molecule has 0 spiro atoms. The van der Waals surface area contributed by atoms with Crippen molar-refractivity contribution in [2.45, 2.75) is 23.4 Å². The van der Waals surface area contributed by atoms with Crippen LogP contribution in [0.5, 0.6) is 0 Å². The summed E-state index contributed by atoms with van der Waals surface area (Å²) < 4.78 is 37.0. The molecule has 0 radical (unpaired) electrons. The normalized spacial score (nSPS) is 15.8. The molecule has 0 aliphatic heterocycles. The standard InChI is InChI=1S/C18H13F3O2S/c19-18(20,21)24-15-4-1-11(2-5-15)7-14-9-13-8-12(10-22)3-6-16(13)17(14)23/h1-8,22H,9-10H2. The number of carbonyl (C=O) groups excluding carboxylic acids is 1. The number of aliphatic hydroxyl groups is 1. The average Bonchev–Trinajstić information content (AvgIpc) is 2.83. The summed E-state index contributed by atoms with van der Waals surface area (Å²) in [6.45, 7) is -0.0845. The molecule has 1 N–H and O–H groups in total. The minimum Gasteiger partial charge on any atom is -0.392 e. The first kappa shape index (κ1) is 16.8. The fraction of sp³-hybridized carbons (Fsp3) is 0.167. The summed E-state index contributed by atoms with van der Waals surface area (Å²) in [5.41, 5.74) is -0.814. The van der Waals surface area contributed by atoms with Crippen LogP contribution in [0.25, 0.3) is 6.08 Å². The maximum absolute atomic E-state index is 12.4. The number of rotatable bonds is 3. The molecule has 2 aromatic rings. The van der Waals surface area contributed by atoms with E-state index in [4.69, 9.17) is 5.11 Å². The molecule has 0 fully saturated rings. The van der Waals surface area contributed by atoms with E-state index in [0.717, 1.165) is 11.1 Å². The molecular formula is C18H13F3O2S. The zero-order valence-corrected chi connectivity index (χ0v) is 13.2. The highest BCUT2D eigenvalue weighted by atomic mass is 32.2. The van der Waals surface area contributed by atoms with E-state index in [-0.39, 0.29) is 29.0 Å². The molecule has 2 nitrogen and oxygen atoms in total. The lowest BCUT2D eigenvalue weighted by molar-refractivity contribution is -0.0328. The predicted octanol–water partition coefficient (Wildman–Crippen LogP) is 4.61. The van der Waals surface area contributed by atoms with Gasteiger partial charge in [-0.05, 0) is 46.7 Å². The van der Waals surface area contributed by atoms with Crippen molar-refractivity contribution in [1.29, 1.82) is 0 Å². The largest absolute Gasteiger partial charge is 0.446 e. The first-order valence-electron chi connectivity index (χ1n) is 7.19. The number of halogens is 3. The molecule has 0 atom stereocenters. The Morgan fingerprint density at radius 2 is 1.83 bits per heavy atom. The van der Waals surface area contributed by atoms with Crippen molar-refractivity contribution in [3.63, 3.8) is 0 Å². The average molecular weight is 350 g/mol. The van der Waals surface area contributed by atoms with Crippen molar-refractivity contribution in [3.05, 3.63) is 70.3 Å². The molecule has 1 aliphatic rings. The van der Waals surface area contributed by atoms with E-state index in [2.05, 4.69) is 0 Å². The Kier molecular flexibility index (Phi) is 4.51. The lowest BCUT2D eigenvalue weighted by Gasteiger charge is -2.05. The molecule has 0 saturated carbocycles. The molecule has 6 heteroatoms. The Labute approximate surface area is 141 Å². The van der Waals surface area contributed by atoms with Crippen LogP contribution in [0.3, 0.4) is 0 Å². The molecule has 0 unspecified atom stereocenters. The van der Waals surface area contributed by atoms with E-state index in [9.17, 15) is 18.0 Å². The summed E-state index contributed by atoms with van der Waals surface area (Å²) in [6, 6.07) is 11.1. The third-order valence-electron chi connectivity index (χ3n) is 3.72. The highest BCUT2D eigenvalue weighted by Gasteiger charge is 2.29. The number of Topliss-reactive ketones (excluding diaryl/α,β-unsaturated/α-hetero) is 1. The van der Waals surface area contributed by atoms with E-state index in [0.29, 0.717) is 23.1 Å². The number of aliphatic hydroxyl groups excluding tert-OH is 1. The van der Waals surface area contributed by atoms with Crippen molar-refractivity contribution in [1.82, 2.24) is 0 Å². The van der Waals surface area contributed by atoms with Crippen molar-refractivity contribution in [3.8, 4) is 0 Å². The topological polar surface area (TPSA) is 37.3 Å². The monoisotopic (exact) mass is 350 g/mol. The highest BCUT2D eigenvalue weighted by Crippen LogP contribution is 2.37. The maximum Gasteiger partial charge on any atom is 0.446 e. The number of carbonyl (C=O) groups is 1. The van der Waals surface area contributed by atoms with Gasteiger partial charge in [0.05, 0.1) is 6.61 Å². The molecule has 0 heterocycles. The first-order chi connectivity index (χ1) is 11.4. The molecule has 24 heavy (non-hydrogen) atoms. The van der Waals surface area contributed by atoms with Crippen LogP contribution in [0.4, 0.5) is 13.2 Å². The first-order valence-corrected chi connectivity index (χ1v) is 8.01. The second kappa shape index (κ2) is 6.45. The van der Waals surface area contributed by atoms with Gasteiger partial charge in [-0.25, -0.2) is 0 Å². The molecule has 0 aromatic heterocycles. The number of hydrogen-bond donors (Lipinski definition) is 1. The smallest absolute Gasteiger partial charge is 0.392 e. The molecule has 0 saturated heterocycles. The molecule has 1 aliphatic carbocycles. The zero-order valence-electron chi connectivity index (χ0n) is 12.4. The minimum absolute atomic E-state index is 0.0803. The maximum atomic E-state index is 12.4. The SMILES string of the molecule is O=C1C(=Cc2ccc(SC(F)(F)F)cc2)Cc2cc(CO)ccc21. The van der Waals surface area contributed by atoms with Gasteiger partial charge in [0.2, 0.25) is 0 Å². The van der Waals surface area contributed by atoms with Crippen molar-refractivity contribution in [2.24, 2.45) is 0 Å². The van der Waals surface area contributed by atoms with E-state index in [1.165, 1.54) is 12.1 Å². The van der Waals surface area contributed by atoms with E-state index in [1.54, 1.807) is 36.4 Å². The number of thioether (sulfide) groups is 1. The Bertz CT molecular complexity index is 808. The van der Waals surface area contributed by atoms with Gasteiger partial charge in [0.25, 0.3) is 0 Å². The van der Waals surface area contributed by atoms with Crippen molar-refractivity contribution >= 4 is 23.6 Å². The van der Waals surface area contributed by atoms with Crippen molar-refractivity contribution in [2.75, 3.05) is 0 Å². The number of allylic oxidation sites excluding steroid dienone is 1. The second-order valence-corrected chi connectivity index (χ2v) is 6.58. The van der Waals surface area contributed by atoms with Crippen LogP contribution in [-0.2, 0) is 13.0 Å². The summed E-state index contributed by atoms with van der Waals surface area (Å²) in [5, 5.41) is 9.16. The quantitative estimate of drug-likeness (QED) is 0.649. The van der Waals surface area contributed by atoms with E-state index < -0.39 is 5.51 Å². The number of alkyl halides is 3. The molecular weight excluding hydrogens is 337 g/mol. The Morgan fingerprint density at radius 3 is 2.46 bits per heavy atom. The number of hydrogen-bond acceptors (Lipinski definition) is 3. The second-order valence-electron chi connectivity index (χ2n) is 5.44. The molecule has 2 aromatic carbocycles. The minimum atomic E-state index is -4.31. The van der Waals surface area contributed by atoms with Crippen LogP contribution in [0, 0.1) is 0 Å². The Morgan fingerprint density at radius 1 is 1.12 bits per heavy atom. The van der Waals surface area contributed by atoms with Gasteiger partial charge in [0, 0.05) is 22.5 Å². The Balaban J connectivity index is 1.81. The molecule has 0 bridgehead atoms. The zero-order chi connectivity index (χ0) is 17.3. The number of benzene rings is 2. The van der Waals surface area contributed by atoms with Gasteiger partial charge in [-0.15, -0.1) is 0 Å². The molecule has 124 valence electrons. The number of ketones is 1. The van der Waals surface area contributed by atoms with Crippen LogP contribution in [0.1, 0.15) is 27.0 Å². The summed E-state index contributed by atoms with van der Waals surface area (Å²) >= 11 is -0.165. The van der Waals surface area contributed by atoms with Crippen LogP contribution < -0.4 is 0 Å². The van der Waals surface area contributed by atoms with Gasteiger partial charge < -0.3 is 5.11 Å². The van der Waals surface area contributed by atoms with Crippen LogP contribution in [0.15, 0.2) is 52.9 Å². The number of fused-ring (bicyclic) bond motifs is 1. The summed E-state index contributed by atoms with van der Waals surface area (Å²) in [6.07, 6.45) is 2.16. The third kappa shape index (κ3) is 3.71. The van der Waals surface area contributed by atoms with Gasteiger partial charge >= 0.3 is 5.51 Å². The summed E-state index contributed by atoms with van der Waals surface area (Å²) in [7, 11) is 0. The predicted molar refractivity (Wildman–Crippen MR) is 86.7 cm³/mol. The lowest BCUT2D eigenvalue weighted by Crippen LogP contribution is -1.98. The van der Waals surface area contributed by atoms with Crippen LogP contribution in [-0.4, -0.2) is 16.4 Å². The lowest BCUT2D eigenvalue weighted by atomic mass is 10.1. The Hall–Kier alpha value is -2.05. The molecule has 3 rings (SSSR count). The highest BCUT2D eigenvalue weighted by molar-refractivity contribution is 8.00. The third-order valence-corrected chi connectivity index (χ3v) is 4.46.